The van der Waals surface area contributed by atoms with Crippen molar-refractivity contribution >= 4 is 21.5 Å². The van der Waals surface area contributed by atoms with Crippen molar-refractivity contribution in [2.45, 2.75) is 0 Å². The maximum atomic E-state index is 6.63. The first-order valence-corrected chi connectivity index (χ1v) is 41.1. The van der Waals surface area contributed by atoms with Gasteiger partial charge in [0.05, 0.1) is 0 Å². The third kappa shape index (κ3) is 14.6. The predicted molar refractivity (Wildman–Crippen MR) is 545 cm³/mol. The van der Waals surface area contributed by atoms with Gasteiger partial charge in [0.25, 0.3) is 0 Å². The quantitative estimate of drug-likeness (QED) is 0.0752. The van der Waals surface area contributed by atoms with Gasteiger partial charge in [-0.15, -0.1) is 103 Å². The molecule has 0 aliphatic rings. The van der Waals surface area contributed by atoms with Crippen molar-refractivity contribution in [3.63, 3.8) is 0 Å². The molecule has 0 heteroatoms. The summed E-state index contributed by atoms with van der Waals surface area (Å²) in [5, 5.41) is 3.61. The zero-order valence-electron chi connectivity index (χ0n) is 70.1. The van der Waals surface area contributed by atoms with E-state index in [4.69, 9.17) is 103 Å². The fourth-order valence-electron chi connectivity index (χ4n) is 18.0. The molecule has 0 atom stereocenters. The highest BCUT2D eigenvalue weighted by Gasteiger charge is 2.27. The first-order valence-electron chi connectivity index (χ1n) is 41.1. The standard InChI is InChI=1S/C130H66/c1-17-83-45-37-57-113(105(83)25-9)91-65-67-119(127(81-91)121-63-43-51-89(23-7)111(121)31-15)101-78-102(120-68-66-92(114-58-38-46-84(18-2)106(114)26-10)82-128(120)122-64-44-52-90(24-8)112(122)32-16)80-104(79-101)130-125-55-35-33-53-123(125)129(124-54-34-36-56-126(124)130)103-74-93(95-70-97(115-59-39-47-85(19-3)107(115)27-11)76-98(71-95)116-60-40-48-86(20-4)108(116)28-12)69-94(75-103)96-72-99(117-61-41-49-87(21-5)109(117)29-13)77-100(73-96)118-62-42-50-88(22-6)110(118)30-14/h1-16,33-82H. The number of fused-ring (bicyclic) bond motifs is 2. The Balaban J connectivity index is 1.01. The molecule has 0 spiro atoms. The van der Waals surface area contributed by atoms with Crippen LogP contribution in [-0.4, -0.2) is 0 Å². The van der Waals surface area contributed by atoms with E-state index in [2.05, 4.69) is 252 Å². The summed E-state index contributed by atoms with van der Waals surface area (Å²) in [4.78, 5) is 0. The molecule has 0 aliphatic carbocycles. The minimum absolute atomic E-state index is 0.519. The molecule has 17 aromatic carbocycles. The summed E-state index contributed by atoms with van der Waals surface area (Å²) in [6, 6.07) is 101. The number of rotatable bonds is 14. The average Bonchev–Trinajstić information content (AvgIpc) is 0.719. The molecule has 0 unspecified atom stereocenters. The Morgan fingerprint density at radius 1 is 0.115 bits per heavy atom. The lowest BCUT2D eigenvalue weighted by molar-refractivity contribution is 1.50. The summed E-state index contributed by atoms with van der Waals surface area (Å²) < 4.78 is 0. The van der Waals surface area contributed by atoms with Crippen LogP contribution in [0.1, 0.15) is 89.0 Å². The summed E-state index contributed by atoms with van der Waals surface area (Å²) in [6.07, 6.45) is 102. The highest BCUT2D eigenvalue weighted by Crippen LogP contribution is 2.52. The first kappa shape index (κ1) is 82.5. The minimum atomic E-state index is 0.519. The Bertz CT molecular complexity index is 7920. The fraction of sp³-hybridized carbons (Fsp3) is 0. The van der Waals surface area contributed by atoms with Gasteiger partial charge in [-0.1, -0.05) is 265 Å². The van der Waals surface area contributed by atoms with Crippen molar-refractivity contribution in [3.05, 3.63) is 392 Å². The fourth-order valence-corrected chi connectivity index (χ4v) is 18.0. The number of hydrogen-bond donors (Lipinski definition) is 0. The van der Waals surface area contributed by atoms with Crippen LogP contribution in [-0.2, 0) is 0 Å². The molecule has 0 fully saturated rings. The summed E-state index contributed by atoms with van der Waals surface area (Å²) in [7, 11) is 0. The van der Waals surface area contributed by atoms with Crippen LogP contribution in [0.25, 0.3) is 177 Å². The molecule has 0 radical (unpaired) electrons. The molecule has 0 N–H and O–H groups in total. The van der Waals surface area contributed by atoms with Gasteiger partial charge in [0.2, 0.25) is 0 Å². The molecule has 0 aromatic heterocycles. The second kappa shape index (κ2) is 35.4. The number of benzene rings is 17. The van der Waals surface area contributed by atoms with E-state index in [9.17, 15) is 0 Å². The maximum absolute atomic E-state index is 6.63. The van der Waals surface area contributed by atoms with E-state index in [1.54, 1.807) is 0 Å². The van der Waals surface area contributed by atoms with E-state index in [0.29, 0.717) is 100 Å². The lowest BCUT2D eigenvalue weighted by Crippen LogP contribution is -1.97. The number of terminal acetylenes is 16. The van der Waals surface area contributed by atoms with Gasteiger partial charge in [-0.3, -0.25) is 0 Å². The van der Waals surface area contributed by atoms with Gasteiger partial charge in [0, 0.05) is 89.0 Å². The van der Waals surface area contributed by atoms with E-state index >= 15 is 0 Å². The van der Waals surface area contributed by atoms with Crippen molar-refractivity contribution in [1.29, 1.82) is 0 Å². The van der Waals surface area contributed by atoms with Gasteiger partial charge in [0.1, 0.15) is 0 Å². The van der Waals surface area contributed by atoms with Crippen molar-refractivity contribution in [2.75, 3.05) is 0 Å². The van der Waals surface area contributed by atoms with Crippen LogP contribution in [0.2, 0.25) is 0 Å². The zero-order valence-corrected chi connectivity index (χ0v) is 70.1. The largest absolute Gasteiger partial charge is 0.115 e. The van der Waals surface area contributed by atoms with Crippen LogP contribution in [0.15, 0.2) is 303 Å². The van der Waals surface area contributed by atoms with Gasteiger partial charge in [0.15, 0.2) is 0 Å². The predicted octanol–water partition coefficient (Wildman–Crippen LogP) is 27.0. The van der Waals surface area contributed by atoms with E-state index in [1.165, 1.54) is 0 Å². The molecule has 0 bridgehead atoms. The molecular formula is C130H66. The Labute approximate surface area is 761 Å². The molecule has 0 saturated heterocycles. The van der Waals surface area contributed by atoms with E-state index in [0.717, 1.165) is 166 Å². The topological polar surface area (TPSA) is 0 Å². The summed E-state index contributed by atoms with van der Waals surface area (Å²) in [5.74, 6) is 46.3. The Kier molecular flexibility index (Phi) is 22.4. The molecule has 130 heavy (non-hydrogen) atoms. The number of hydrogen-bond acceptors (Lipinski definition) is 0. The van der Waals surface area contributed by atoms with Gasteiger partial charge < -0.3 is 0 Å². The third-order valence-electron chi connectivity index (χ3n) is 23.9. The zero-order chi connectivity index (χ0) is 90.4. The van der Waals surface area contributed by atoms with Crippen molar-refractivity contribution in [1.82, 2.24) is 0 Å². The minimum Gasteiger partial charge on any atom is -0.115 e. The van der Waals surface area contributed by atoms with Crippen LogP contribution < -0.4 is 0 Å². The van der Waals surface area contributed by atoms with Crippen LogP contribution in [0, 0.1) is 198 Å². The van der Waals surface area contributed by atoms with Crippen LogP contribution in [0.5, 0.6) is 0 Å². The van der Waals surface area contributed by atoms with Crippen molar-refractivity contribution in [3.8, 4) is 353 Å². The Morgan fingerprint density at radius 2 is 0.292 bits per heavy atom. The molecule has 0 aliphatic heterocycles. The van der Waals surface area contributed by atoms with Gasteiger partial charge in [-0.05, 0) is 311 Å². The van der Waals surface area contributed by atoms with Gasteiger partial charge in [-0.2, -0.15) is 0 Å². The molecule has 0 heterocycles. The molecule has 0 saturated carbocycles. The lowest BCUT2D eigenvalue weighted by Gasteiger charge is -2.22. The third-order valence-corrected chi connectivity index (χ3v) is 23.9. The molecular weight excluding hydrogens is 1560 g/mol. The molecule has 0 nitrogen and oxygen atoms in total. The Hall–Kier alpha value is -19.8. The lowest BCUT2D eigenvalue weighted by atomic mass is 9.81. The second-order valence-electron chi connectivity index (χ2n) is 30.7. The maximum Gasteiger partial charge on any atom is 0.0477 e. The summed E-state index contributed by atoms with van der Waals surface area (Å²) in [5.41, 5.74) is 30.5. The SMILES string of the molecule is C#Cc1cccc(-c2cc(-c3cc(-c4cc(-c5cccc(C#C)c5C#C)cc(-c5cccc(C#C)c5C#C)c4)cc(-c4c5ccccc5c(-c5cc(-c6ccc(-c7cccc(C#C)c7C#C)cc6-c6cccc(C#C)c6C#C)cc(-c6ccc(-c7cccc(C#C)c7C#C)cc6-c6cccc(C#C)c6C#C)c5)c5ccccc45)c3)cc(-c3cccc(C#C)c3C#C)c2)c1C#C. The van der Waals surface area contributed by atoms with Gasteiger partial charge in [-0.25, -0.2) is 0 Å². The van der Waals surface area contributed by atoms with Crippen LogP contribution in [0.3, 0.4) is 0 Å². The average molecular weight is 1630 g/mol. The molecule has 586 valence electrons. The smallest absolute Gasteiger partial charge is 0.0477 e. The van der Waals surface area contributed by atoms with Crippen molar-refractivity contribution in [2.24, 2.45) is 0 Å². The normalized spacial score (nSPS) is 10.3. The van der Waals surface area contributed by atoms with Gasteiger partial charge >= 0.3 is 0 Å². The van der Waals surface area contributed by atoms with E-state index in [1.807, 2.05) is 146 Å². The van der Waals surface area contributed by atoms with Crippen molar-refractivity contribution < 1.29 is 0 Å². The Morgan fingerprint density at radius 3 is 0.515 bits per heavy atom. The summed E-state index contributed by atoms with van der Waals surface area (Å²) >= 11 is 0. The van der Waals surface area contributed by atoms with E-state index < -0.39 is 0 Å². The summed E-state index contributed by atoms with van der Waals surface area (Å²) in [6.45, 7) is 0. The highest BCUT2D eigenvalue weighted by atomic mass is 14.3. The van der Waals surface area contributed by atoms with Crippen LogP contribution >= 0.6 is 0 Å². The van der Waals surface area contributed by atoms with Crippen LogP contribution in [0.4, 0.5) is 0 Å². The molecule has 0 amide bonds. The highest BCUT2D eigenvalue weighted by molar-refractivity contribution is 6.22. The first-order chi connectivity index (χ1) is 63.7. The second-order valence-corrected chi connectivity index (χ2v) is 30.7. The molecule has 17 rings (SSSR count). The van der Waals surface area contributed by atoms with E-state index in [-0.39, 0.29) is 0 Å². The molecule has 17 aromatic rings. The monoisotopic (exact) mass is 1630 g/mol.